The number of carbonyl (C=O) groups excluding carboxylic acids is 1. The number of nitrogens with zero attached hydrogens (tertiary/aromatic N) is 2. The van der Waals surface area contributed by atoms with Crippen LogP contribution in [0, 0.1) is 27.4 Å². The average Bonchev–Trinajstić information content (AvgIpc) is 2.96. The number of nitro groups is 1. The van der Waals surface area contributed by atoms with E-state index in [0.717, 1.165) is 0 Å². The lowest BCUT2D eigenvalue weighted by Crippen LogP contribution is -2.30. The fourth-order valence-electron chi connectivity index (χ4n) is 3.05. The molecule has 0 spiro atoms. The Morgan fingerprint density at radius 1 is 1.30 bits per heavy atom. The van der Waals surface area contributed by atoms with Crippen LogP contribution in [-0.4, -0.2) is 36.1 Å². The molecule has 2 unspecified atom stereocenters. The molecule has 2 atom stereocenters. The lowest BCUT2D eigenvalue weighted by Gasteiger charge is -2.19. The Kier molecular flexibility index (Phi) is 5.25. The van der Waals surface area contributed by atoms with Crippen molar-refractivity contribution in [3.05, 3.63) is 33.9 Å². The number of hydrogen-bond acceptors (Lipinski definition) is 8. The van der Waals surface area contributed by atoms with Crippen LogP contribution in [0.5, 0.6) is 11.5 Å². The second-order valence-electron chi connectivity index (χ2n) is 6.36. The molecular weight excluding hydrogens is 354 g/mol. The molecule has 2 aliphatic heterocycles. The molecule has 0 radical (unpaired) electrons. The van der Waals surface area contributed by atoms with Crippen LogP contribution in [0.3, 0.4) is 0 Å². The van der Waals surface area contributed by atoms with Crippen molar-refractivity contribution >= 4 is 17.3 Å². The fraction of sp³-hybridized carbons (Fsp3) is 0.412. The van der Waals surface area contributed by atoms with Crippen molar-refractivity contribution in [1.29, 1.82) is 5.26 Å². The van der Waals surface area contributed by atoms with E-state index >= 15 is 0 Å². The Labute approximate surface area is 155 Å². The molecule has 2 aliphatic rings. The lowest BCUT2D eigenvalue weighted by atomic mass is 9.94. The van der Waals surface area contributed by atoms with E-state index in [1.165, 1.54) is 12.1 Å². The normalized spacial score (nSPS) is 24.2. The molecule has 1 aromatic rings. The Morgan fingerprint density at radius 2 is 1.89 bits per heavy atom. The number of carbonyl (C=O) groups is 1. The second-order valence-corrected chi connectivity index (χ2v) is 6.36. The van der Waals surface area contributed by atoms with Gasteiger partial charge in [-0.15, -0.1) is 0 Å². The molecular formula is C17H19N5O5. The van der Waals surface area contributed by atoms with Gasteiger partial charge in [-0.3, -0.25) is 25.8 Å². The third kappa shape index (κ3) is 3.84. The van der Waals surface area contributed by atoms with E-state index in [-0.39, 0.29) is 47.3 Å². The van der Waals surface area contributed by atoms with Crippen LogP contribution >= 0.6 is 0 Å². The molecule has 0 bridgehead atoms. The lowest BCUT2D eigenvalue weighted by molar-refractivity contribution is -0.384. The number of nitriles is 1. The molecule has 142 valence electrons. The van der Waals surface area contributed by atoms with Gasteiger partial charge in [-0.05, 0) is 13.8 Å². The van der Waals surface area contributed by atoms with E-state index in [9.17, 15) is 20.2 Å². The van der Waals surface area contributed by atoms with Gasteiger partial charge in [0.15, 0.2) is 11.5 Å². The van der Waals surface area contributed by atoms with Crippen molar-refractivity contribution in [2.45, 2.75) is 25.9 Å². The number of amides is 1. The van der Waals surface area contributed by atoms with Gasteiger partial charge in [-0.25, -0.2) is 0 Å². The van der Waals surface area contributed by atoms with Crippen LogP contribution in [0.1, 0.15) is 13.8 Å². The number of nitrogens with one attached hydrogen (secondary N) is 3. The summed E-state index contributed by atoms with van der Waals surface area (Å²) in [5.41, 5.74) is 5.57. The van der Waals surface area contributed by atoms with E-state index < -0.39 is 10.8 Å². The fourth-order valence-corrected chi connectivity index (χ4v) is 3.05. The van der Waals surface area contributed by atoms with Gasteiger partial charge >= 0.3 is 0 Å². The van der Waals surface area contributed by atoms with Crippen LogP contribution < -0.4 is 25.6 Å². The molecule has 3 rings (SSSR count). The number of rotatable bonds is 4. The topological polar surface area (TPSA) is 139 Å². The van der Waals surface area contributed by atoms with Gasteiger partial charge in [0.05, 0.1) is 11.0 Å². The summed E-state index contributed by atoms with van der Waals surface area (Å²) in [7, 11) is 0. The van der Waals surface area contributed by atoms with E-state index in [2.05, 4.69) is 16.2 Å². The Morgan fingerprint density at radius 3 is 2.44 bits per heavy atom. The number of hydrazine groups is 1. The molecule has 2 heterocycles. The zero-order chi connectivity index (χ0) is 19.6. The molecule has 27 heavy (non-hydrogen) atoms. The first-order valence-electron chi connectivity index (χ1n) is 8.43. The number of fused-ring (bicyclic) bond motifs is 1. The zero-order valence-corrected chi connectivity index (χ0v) is 14.8. The third-order valence-corrected chi connectivity index (χ3v) is 4.52. The van der Waals surface area contributed by atoms with Gasteiger partial charge < -0.3 is 14.8 Å². The minimum atomic E-state index is -0.719. The van der Waals surface area contributed by atoms with Crippen LogP contribution in [0.15, 0.2) is 23.8 Å². The van der Waals surface area contributed by atoms with Crippen molar-refractivity contribution in [2.24, 2.45) is 5.92 Å². The van der Waals surface area contributed by atoms with Gasteiger partial charge in [0.2, 0.25) is 0 Å². The molecule has 1 fully saturated rings. The van der Waals surface area contributed by atoms with Gasteiger partial charge in [0.1, 0.15) is 30.5 Å². The first-order chi connectivity index (χ1) is 12.9. The Hall–Kier alpha value is -3.16. The van der Waals surface area contributed by atoms with Crippen molar-refractivity contribution in [3.63, 3.8) is 0 Å². The highest BCUT2D eigenvalue weighted by Gasteiger charge is 2.30. The maximum Gasteiger partial charge on any atom is 0.296 e. The quantitative estimate of drug-likeness (QED) is 0.310. The van der Waals surface area contributed by atoms with Crippen molar-refractivity contribution in [1.82, 2.24) is 10.9 Å². The first-order valence-corrected chi connectivity index (χ1v) is 8.43. The summed E-state index contributed by atoms with van der Waals surface area (Å²) in [4.78, 5) is 23.3. The zero-order valence-electron chi connectivity index (χ0n) is 14.8. The molecule has 10 nitrogen and oxygen atoms in total. The molecule has 10 heteroatoms. The predicted octanol–water partition coefficient (Wildman–Crippen LogP) is 1.26. The summed E-state index contributed by atoms with van der Waals surface area (Å²) in [5.74, 6) is -0.256. The largest absolute Gasteiger partial charge is 0.486 e. The number of ether oxygens (including phenoxy) is 2. The van der Waals surface area contributed by atoms with E-state index in [1.807, 2.05) is 19.9 Å². The first kappa shape index (κ1) is 18.6. The van der Waals surface area contributed by atoms with Crippen LogP contribution in [0.25, 0.3) is 0 Å². The number of hydrogen-bond donors (Lipinski definition) is 3. The van der Waals surface area contributed by atoms with Crippen molar-refractivity contribution in [2.75, 3.05) is 18.5 Å². The maximum absolute atomic E-state index is 12.6. The summed E-state index contributed by atoms with van der Waals surface area (Å²) in [6.07, 6.45) is 1.57. The molecule has 3 N–H and O–H groups in total. The van der Waals surface area contributed by atoms with Crippen LogP contribution in [0.2, 0.25) is 0 Å². The van der Waals surface area contributed by atoms with Gasteiger partial charge in [-0.1, -0.05) is 6.08 Å². The van der Waals surface area contributed by atoms with E-state index in [0.29, 0.717) is 12.4 Å². The monoisotopic (exact) mass is 373 g/mol. The second kappa shape index (κ2) is 7.61. The minimum Gasteiger partial charge on any atom is -0.486 e. The van der Waals surface area contributed by atoms with Crippen LogP contribution in [-0.2, 0) is 4.79 Å². The minimum absolute atomic E-state index is 0.0276. The van der Waals surface area contributed by atoms with Gasteiger partial charge in [-0.2, -0.15) is 5.26 Å². The molecule has 0 aliphatic carbocycles. The highest BCUT2D eigenvalue weighted by atomic mass is 16.6. The van der Waals surface area contributed by atoms with Gasteiger partial charge in [0.25, 0.3) is 11.6 Å². The summed E-state index contributed by atoms with van der Waals surface area (Å²) >= 11 is 0. The summed E-state index contributed by atoms with van der Waals surface area (Å²) in [6.45, 7) is 4.45. The standard InChI is InChI=1S/C17H19N5O5/c1-9-12(10(2)21-20-9)5-11(8-18)17(23)19-13-6-15-16(27-4-3-26-15)7-14(13)22(24)25/h5-7,9-10,12,20-21H,3-4H2,1-2H3,(H,19,23)/b11-5-. The predicted molar refractivity (Wildman–Crippen MR) is 95.1 cm³/mol. The number of anilines is 1. The molecule has 1 amide bonds. The van der Waals surface area contributed by atoms with E-state index in [1.54, 1.807) is 6.08 Å². The van der Waals surface area contributed by atoms with Crippen molar-refractivity contribution in [3.8, 4) is 17.6 Å². The Bertz CT molecular complexity index is 837. The number of nitro benzene ring substituents is 1. The van der Waals surface area contributed by atoms with Crippen LogP contribution in [0.4, 0.5) is 11.4 Å². The van der Waals surface area contributed by atoms with E-state index in [4.69, 9.17) is 9.47 Å². The number of benzene rings is 1. The SMILES string of the molecule is CC1NNC(C)C1/C=C(/C#N)C(=O)Nc1cc2c(cc1[N+](=O)[O-])OCCO2. The maximum atomic E-state index is 12.6. The van der Waals surface area contributed by atoms with Crippen molar-refractivity contribution < 1.29 is 19.2 Å². The molecule has 1 aromatic carbocycles. The summed E-state index contributed by atoms with van der Waals surface area (Å²) in [6, 6.07) is 4.46. The smallest absolute Gasteiger partial charge is 0.296 e. The van der Waals surface area contributed by atoms with Gasteiger partial charge in [0, 0.05) is 24.1 Å². The summed E-state index contributed by atoms with van der Waals surface area (Å²) < 4.78 is 10.7. The molecule has 0 aromatic heterocycles. The average molecular weight is 373 g/mol. The highest BCUT2D eigenvalue weighted by molar-refractivity contribution is 6.07. The third-order valence-electron chi connectivity index (χ3n) is 4.52. The highest BCUT2D eigenvalue weighted by Crippen LogP contribution is 2.39. The summed E-state index contributed by atoms with van der Waals surface area (Å²) in [5, 5.41) is 23.2. The Balaban J connectivity index is 1.88. The molecule has 0 saturated carbocycles. The molecule has 1 saturated heterocycles.